The maximum Gasteiger partial charge on any atom is 2.00 e. The molecule has 0 amide bonds. The topological polar surface area (TPSA) is 208 Å². The molecule has 0 aliphatic rings. The number of hydrogen-bond acceptors (Lipinski definition) is 12. The Morgan fingerprint density at radius 3 is 1.32 bits per heavy atom. The molecule has 0 radical (unpaired) electrons. The van der Waals surface area contributed by atoms with Gasteiger partial charge in [-0.25, -0.2) is 21.8 Å². The Labute approximate surface area is 361 Å². The third-order valence-electron chi connectivity index (χ3n) is 7.82. The predicted molar refractivity (Wildman–Crippen MR) is 213 cm³/mol. The summed E-state index contributed by atoms with van der Waals surface area (Å²) in [6.45, 7) is 0. The Morgan fingerprint density at radius 1 is 0.452 bits per heavy atom. The predicted octanol–water partition coefficient (Wildman–Crippen LogP) is 8.81. The normalized spacial score (nSPS) is 11.4. The number of H-pyrrole nitrogens is 1. The molecule has 7 aromatic heterocycles. The molecule has 7 heterocycles. The van der Waals surface area contributed by atoms with Gasteiger partial charge in [0.2, 0.25) is 0 Å². The average Bonchev–Trinajstić information content (AvgIpc) is 3.63. The van der Waals surface area contributed by atoms with Gasteiger partial charge in [-0.3, -0.25) is 24.9 Å². The number of para-hydroxylation sites is 1. The van der Waals surface area contributed by atoms with E-state index in [0.29, 0.717) is 0 Å². The van der Waals surface area contributed by atoms with E-state index in [2.05, 4.69) is 77.4 Å². The second-order valence-electron chi connectivity index (χ2n) is 11.9. The number of halogens is 6. The van der Waals surface area contributed by atoms with Gasteiger partial charge in [-0.1, -0.05) is 60.7 Å². The fraction of sp³-hybridized carbons (Fsp3) is 0.0500. The molecule has 0 unspecified atom stereocenters. The summed E-state index contributed by atoms with van der Waals surface area (Å²) in [5.74, 6) is 0. The van der Waals surface area contributed by atoms with Gasteiger partial charge in [0.1, 0.15) is 0 Å². The third-order valence-corrected chi connectivity index (χ3v) is 8.96. The van der Waals surface area contributed by atoms with Crippen molar-refractivity contribution in [2.24, 2.45) is 0 Å². The number of aromatic nitrogens is 7. The van der Waals surface area contributed by atoms with Crippen LogP contribution in [0.4, 0.5) is 26.3 Å². The second kappa shape index (κ2) is 21.0. The fourth-order valence-corrected chi connectivity index (χ4v) is 5.13. The average molecular weight is 981 g/mol. The molecule has 2 aromatic carbocycles. The minimum absolute atomic E-state index is 0. The molecular formula is C40H27F6N7O6RuS2. The van der Waals surface area contributed by atoms with E-state index in [1.54, 1.807) is 24.8 Å². The summed E-state index contributed by atoms with van der Waals surface area (Å²) in [4.78, 5) is 29.3. The van der Waals surface area contributed by atoms with Gasteiger partial charge in [-0.15, -0.1) is 0 Å². The molecule has 9 rings (SSSR count). The SMILES string of the molecule is O=S(=O)([O-])C(F)(F)F.O=S(=O)([O-])C(F)(F)F.[Ru+2].c1ccc(-c2cccc(-c3ccccn3)n2)nc1.c1ccc2c(c1)[nH]c1cnccc12.c1cnc2c(c1)ccc1cccnc12. The van der Waals surface area contributed by atoms with Gasteiger partial charge >= 0.3 is 30.5 Å². The largest absolute Gasteiger partial charge is 2.00 e. The second-order valence-corrected chi connectivity index (χ2v) is 14.7. The number of nitrogens with zero attached hydrogens (tertiary/aromatic N) is 6. The smallest absolute Gasteiger partial charge is 0.741 e. The number of aromatic amines is 1. The van der Waals surface area contributed by atoms with E-state index in [9.17, 15) is 26.3 Å². The van der Waals surface area contributed by atoms with Gasteiger partial charge in [-0.2, -0.15) is 26.3 Å². The molecule has 0 atom stereocenters. The molecular weight excluding hydrogens is 954 g/mol. The standard InChI is InChI=1S/C15H11N3.C12H8N2.C11H8N2.2CHF3O3S.Ru/c1-3-10-16-12(6-1)14-8-5-9-15(18-14)13-7-2-4-11-17-13;1-3-9-5-6-10-4-2-8-14-12(10)11(9)13-7-1;1-2-4-10-8(3-1)9-5-6-12-7-11(9)13-10;2*2-1(3,4)8(5,6)7;/h1-11H;1-8H;1-7,13H;2*(H,5,6,7);/q;;;;;+2/p-2. The van der Waals surface area contributed by atoms with Crippen molar-refractivity contribution in [2.45, 2.75) is 11.0 Å². The van der Waals surface area contributed by atoms with Gasteiger partial charge in [-0.05, 0) is 60.7 Å². The Morgan fingerprint density at radius 2 is 0.871 bits per heavy atom. The van der Waals surface area contributed by atoms with Crippen LogP contribution in [-0.4, -0.2) is 71.8 Å². The van der Waals surface area contributed by atoms with Crippen LogP contribution in [-0.2, 0) is 39.7 Å². The number of hydrogen-bond donors (Lipinski definition) is 1. The zero-order valence-corrected chi connectivity index (χ0v) is 34.5. The van der Waals surface area contributed by atoms with Crippen LogP contribution >= 0.6 is 0 Å². The van der Waals surface area contributed by atoms with E-state index < -0.39 is 31.3 Å². The molecule has 1 N–H and O–H groups in total. The molecule has 62 heavy (non-hydrogen) atoms. The first-order valence-corrected chi connectivity index (χ1v) is 19.9. The van der Waals surface area contributed by atoms with Gasteiger partial charge in [0.25, 0.3) is 0 Å². The van der Waals surface area contributed by atoms with Crippen molar-refractivity contribution in [3.8, 4) is 22.8 Å². The van der Waals surface area contributed by atoms with Crippen molar-refractivity contribution in [1.29, 1.82) is 0 Å². The third kappa shape index (κ3) is 13.1. The molecule has 0 aliphatic carbocycles. The van der Waals surface area contributed by atoms with E-state index in [4.69, 9.17) is 25.9 Å². The van der Waals surface area contributed by atoms with Crippen LogP contribution in [0, 0.1) is 0 Å². The Bertz CT molecular complexity index is 2890. The van der Waals surface area contributed by atoms with Crippen molar-refractivity contribution in [2.75, 3.05) is 0 Å². The van der Waals surface area contributed by atoms with Crippen molar-refractivity contribution < 1.29 is 71.8 Å². The van der Waals surface area contributed by atoms with Crippen LogP contribution in [0.2, 0.25) is 0 Å². The van der Waals surface area contributed by atoms with Crippen LogP contribution in [0.25, 0.3) is 66.4 Å². The minimum Gasteiger partial charge on any atom is -0.741 e. The van der Waals surface area contributed by atoms with E-state index >= 15 is 0 Å². The van der Waals surface area contributed by atoms with Gasteiger partial charge in [0, 0.05) is 58.0 Å². The molecule has 0 fully saturated rings. The van der Waals surface area contributed by atoms with Crippen molar-refractivity contribution in [3.63, 3.8) is 0 Å². The quantitative estimate of drug-likeness (QED) is 0.0567. The van der Waals surface area contributed by atoms with Crippen LogP contribution in [0.3, 0.4) is 0 Å². The number of alkyl halides is 6. The molecule has 0 saturated heterocycles. The Hall–Kier alpha value is -6.32. The van der Waals surface area contributed by atoms with E-state index in [-0.39, 0.29) is 19.5 Å². The van der Waals surface area contributed by atoms with Gasteiger partial charge in [0.15, 0.2) is 20.2 Å². The first kappa shape index (κ1) is 48.4. The number of benzene rings is 2. The van der Waals surface area contributed by atoms with Crippen molar-refractivity contribution in [1.82, 2.24) is 34.9 Å². The van der Waals surface area contributed by atoms with Crippen LogP contribution in [0.15, 0.2) is 159 Å². The van der Waals surface area contributed by atoms with Gasteiger partial charge < -0.3 is 14.1 Å². The summed E-state index contributed by atoms with van der Waals surface area (Å²) in [5.41, 5.74) is -3.60. The number of nitrogens with one attached hydrogen (secondary N) is 1. The maximum absolute atomic E-state index is 10.7. The Balaban J connectivity index is 0.000000176. The first-order chi connectivity index (χ1) is 28.8. The number of pyridine rings is 6. The van der Waals surface area contributed by atoms with Crippen molar-refractivity contribution in [3.05, 3.63) is 159 Å². The summed E-state index contributed by atoms with van der Waals surface area (Å²) in [6.07, 6.45) is 10.8. The van der Waals surface area contributed by atoms with E-state index in [1.165, 1.54) is 16.3 Å². The van der Waals surface area contributed by atoms with E-state index in [1.807, 2.05) is 91.3 Å². The van der Waals surface area contributed by atoms with Crippen LogP contribution < -0.4 is 0 Å². The molecule has 13 nitrogen and oxygen atoms in total. The summed E-state index contributed by atoms with van der Waals surface area (Å²) in [6, 6.07) is 39.9. The van der Waals surface area contributed by atoms with Crippen LogP contribution in [0.1, 0.15) is 0 Å². The summed E-state index contributed by atoms with van der Waals surface area (Å²) < 4.78 is 118. The van der Waals surface area contributed by atoms with Crippen LogP contribution in [0.5, 0.6) is 0 Å². The summed E-state index contributed by atoms with van der Waals surface area (Å²) >= 11 is 0. The first-order valence-electron chi connectivity index (χ1n) is 17.1. The summed E-state index contributed by atoms with van der Waals surface area (Å²) in [7, 11) is -12.2. The summed E-state index contributed by atoms with van der Waals surface area (Å²) in [5, 5.41) is 4.78. The van der Waals surface area contributed by atoms with Gasteiger partial charge in [0.05, 0.1) is 45.5 Å². The molecule has 320 valence electrons. The number of rotatable bonds is 2. The Kier molecular flexibility index (Phi) is 16.4. The van der Waals surface area contributed by atoms with E-state index in [0.717, 1.165) is 50.1 Å². The zero-order chi connectivity index (χ0) is 44.3. The molecule has 0 aliphatic heterocycles. The zero-order valence-electron chi connectivity index (χ0n) is 31.1. The van der Waals surface area contributed by atoms with Crippen molar-refractivity contribution >= 4 is 63.8 Å². The minimum atomic E-state index is -6.09. The maximum atomic E-state index is 10.7. The monoisotopic (exact) mass is 981 g/mol. The molecule has 22 heteroatoms. The molecule has 9 aromatic rings. The number of fused-ring (bicyclic) bond motifs is 6. The fourth-order valence-electron chi connectivity index (χ4n) is 5.13. The molecule has 0 saturated carbocycles. The molecule has 0 bridgehead atoms. The molecule has 0 spiro atoms.